The number of hydrogen-bond donors (Lipinski definition) is 1. The summed E-state index contributed by atoms with van der Waals surface area (Å²) in [5.74, 6) is 0.0882. The lowest BCUT2D eigenvalue weighted by molar-refractivity contribution is 0.0724. The molecule has 0 unspecified atom stereocenters. The molecule has 1 amide bonds. The fourth-order valence-electron chi connectivity index (χ4n) is 3.80. The Kier molecular flexibility index (Phi) is 5.04. The molecule has 0 bridgehead atoms. The number of nitrogens with zero attached hydrogens (tertiary/aromatic N) is 3. The fraction of sp³-hybridized carbons (Fsp3) is 0.429. The van der Waals surface area contributed by atoms with Crippen molar-refractivity contribution in [3.05, 3.63) is 48.3 Å². The van der Waals surface area contributed by atoms with Gasteiger partial charge in [0.15, 0.2) is 0 Å². The molecule has 1 aromatic carbocycles. The van der Waals surface area contributed by atoms with Gasteiger partial charge >= 0.3 is 0 Å². The molecule has 0 atom stereocenters. The molecule has 5 nitrogen and oxygen atoms in total. The van der Waals surface area contributed by atoms with Gasteiger partial charge in [-0.25, -0.2) is 0 Å². The highest BCUT2D eigenvalue weighted by molar-refractivity contribution is 5.95. The standard InChI is InChI=1S/C21H26N4O/c26-21(25-12-2-1-3-13-25)17-14-19(16-22-15-17)23-18-6-8-20(9-7-18)24-10-4-5-11-24/h6-9,14-16,23H,1-5,10-13H2. The molecule has 26 heavy (non-hydrogen) atoms. The van der Waals surface area contributed by atoms with Gasteiger partial charge in [-0.15, -0.1) is 0 Å². The Bertz CT molecular complexity index is 747. The zero-order valence-electron chi connectivity index (χ0n) is 15.2. The van der Waals surface area contributed by atoms with Crippen molar-refractivity contribution in [2.75, 3.05) is 36.4 Å². The Balaban J connectivity index is 1.44. The minimum atomic E-state index is 0.0882. The van der Waals surface area contributed by atoms with Crippen LogP contribution in [0.4, 0.5) is 17.1 Å². The smallest absolute Gasteiger partial charge is 0.255 e. The van der Waals surface area contributed by atoms with Gasteiger partial charge in [-0.05, 0) is 62.4 Å². The number of piperidine rings is 1. The minimum absolute atomic E-state index is 0.0882. The summed E-state index contributed by atoms with van der Waals surface area (Å²) in [4.78, 5) is 21.3. The molecule has 2 aliphatic rings. The molecule has 3 heterocycles. The topological polar surface area (TPSA) is 48.5 Å². The lowest BCUT2D eigenvalue weighted by atomic mass is 10.1. The average molecular weight is 350 g/mol. The third kappa shape index (κ3) is 3.82. The van der Waals surface area contributed by atoms with E-state index in [0.29, 0.717) is 5.56 Å². The van der Waals surface area contributed by atoms with Crippen LogP contribution in [-0.4, -0.2) is 42.0 Å². The Morgan fingerprint density at radius 1 is 0.846 bits per heavy atom. The van der Waals surface area contributed by atoms with Gasteiger partial charge in [0.2, 0.25) is 0 Å². The van der Waals surface area contributed by atoms with Crippen LogP contribution in [0.2, 0.25) is 0 Å². The highest BCUT2D eigenvalue weighted by Crippen LogP contribution is 2.24. The molecule has 1 aromatic heterocycles. The number of aromatic nitrogens is 1. The largest absolute Gasteiger partial charge is 0.372 e. The Morgan fingerprint density at radius 2 is 1.54 bits per heavy atom. The van der Waals surface area contributed by atoms with Gasteiger partial charge in [-0.1, -0.05) is 0 Å². The summed E-state index contributed by atoms with van der Waals surface area (Å²) >= 11 is 0. The lowest BCUT2D eigenvalue weighted by Crippen LogP contribution is -2.35. The van der Waals surface area contributed by atoms with E-state index >= 15 is 0 Å². The van der Waals surface area contributed by atoms with E-state index in [0.717, 1.165) is 50.4 Å². The summed E-state index contributed by atoms with van der Waals surface area (Å²) in [5, 5.41) is 3.37. The molecule has 5 heteroatoms. The zero-order chi connectivity index (χ0) is 17.8. The number of pyridine rings is 1. The van der Waals surface area contributed by atoms with E-state index in [1.165, 1.54) is 24.9 Å². The van der Waals surface area contributed by atoms with E-state index in [1.807, 2.05) is 11.0 Å². The first-order chi connectivity index (χ1) is 12.8. The van der Waals surface area contributed by atoms with Crippen LogP contribution < -0.4 is 10.2 Å². The first-order valence-electron chi connectivity index (χ1n) is 9.66. The van der Waals surface area contributed by atoms with Crippen LogP contribution in [0.5, 0.6) is 0 Å². The molecule has 2 fully saturated rings. The van der Waals surface area contributed by atoms with Crippen molar-refractivity contribution in [3.8, 4) is 0 Å². The minimum Gasteiger partial charge on any atom is -0.372 e. The maximum Gasteiger partial charge on any atom is 0.255 e. The van der Waals surface area contributed by atoms with Crippen LogP contribution in [0.1, 0.15) is 42.5 Å². The van der Waals surface area contributed by atoms with E-state index in [4.69, 9.17) is 0 Å². The van der Waals surface area contributed by atoms with E-state index < -0.39 is 0 Å². The van der Waals surface area contributed by atoms with Crippen molar-refractivity contribution in [2.24, 2.45) is 0 Å². The van der Waals surface area contributed by atoms with Gasteiger partial charge < -0.3 is 15.1 Å². The Morgan fingerprint density at radius 3 is 2.27 bits per heavy atom. The Labute approximate surface area is 155 Å². The number of hydrogen-bond acceptors (Lipinski definition) is 4. The number of carbonyl (C=O) groups is 1. The number of nitrogens with one attached hydrogen (secondary N) is 1. The molecule has 4 rings (SSSR count). The van der Waals surface area contributed by atoms with Crippen molar-refractivity contribution in [1.29, 1.82) is 0 Å². The molecule has 2 saturated heterocycles. The molecule has 136 valence electrons. The summed E-state index contributed by atoms with van der Waals surface area (Å²) in [7, 11) is 0. The number of anilines is 3. The van der Waals surface area contributed by atoms with Gasteiger partial charge in [0.1, 0.15) is 0 Å². The number of rotatable bonds is 4. The monoisotopic (exact) mass is 350 g/mol. The molecule has 0 aliphatic carbocycles. The van der Waals surface area contributed by atoms with Gasteiger partial charge in [0.05, 0.1) is 17.4 Å². The predicted molar refractivity (Wildman–Crippen MR) is 105 cm³/mol. The molecule has 2 aliphatic heterocycles. The number of benzene rings is 1. The highest BCUT2D eigenvalue weighted by atomic mass is 16.2. The van der Waals surface area contributed by atoms with Crippen LogP contribution in [0, 0.1) is 0 Å². The average Bonchev–Trinajstić information content (AvgIpc) is 3.24. The third-order valence-corrected chi connectivity index (χ3v) is 5.26. The SMILES string of the molecule is O=C(c1cncc(Nc2ccc(N3CCCC3)cc2)c1)N1CCCCC1. The summed E-state index contributed by atoms with van der Waals surface area (Å²) < 4.78 is 0. The van der Waals surface area contributed by atoms with Gasteiger partial charge in [-0.2, -0.15) is 0 Å². The van der Waals surface area contributed by atoms with Crippen molar-refractivity contribution < 1.29 is 4.79 Å². The first kappa shape index (κ1) is 16.9. The van der Waals surface area contributed by atoms with E-state index in [-0.39, 0.29) is 5.91 Å². The Hall–Kier alpha value is -2.56. The van der Waals surface area contributed by atoms with Gasteiger partial charge in [0.25, 0.3) is 5.91 Å². The first-order valence-corrected chi connectivity index (χ1v) is 9.66. The molecule has 1 N–H and O–H groups in total. The summed E-state index contributed by atoms with van der Waals surface area (Å²) in [6.07, 6.45) is 9.41. The third-order valence-electron chi connectivity index (χ3n) is 5.26. The fourth-order valence-corrected chi connectivity index (χ4v) is 3.80. The van der Waals surface area contributed by atoms with Crippen LogP contribution in [0.3, 0.4) is 0 Å². The van der Waals surface area contributed by atoms with Crippen LogP contribution in [0.15, 0.2) is 42.7 Å². The van der Waals surface area contributed by atoms with Crippen molar-refractivity contribution in [2.45, 2.75) is 32.1 Å². The van der Waals surface area contributed by atoms with E-state index in [9.17, 15) is 4.79 Å². The molecule has 2 aromatic rings. The normalized spacial score (nSPS) is 17.4. The second-order valence-corrected chi connectivity index (χ2v) is 7.18. The molecule has 0 spiro atoms. The summed E-state index contributed by atoms with van der Waals surface area (Å²) in [6.45, 7) is 4.01. The second kappa shape index (κ2) is 7.77. The molecular formula is C21H26N4O. The quantitative estimate of drug-likeness (QED) is 0.904. The predicted octanol–water partition coefficient (Wildman–Crippen LogP) is 4.05. The summed E-state index contributed by atoms with van der Waals surface area (Å²) in [5.41, 5.74) is 3.80. The van der Waals surface area contributed by atoms with Crippen molar-refractivity contribution in [3.63, 3.8) is 0 Å². The molecular weight excluding hydrogens is 324 g/mol. The number of amides is 1. The molecule has 0 radical (unpaired) electrons. The highest BCUT2D eigenvalue weighted by Gasteiger charge is 2.18. The number of likely N-dealkylation sites (tertiary alicyclic amines) is 1. The zero-order valence-corrected chi connectivity index (χ0v) is 15.2. The maximum absolute atomic E-state index is 12.6. The van der Waals surface area contributed by atoms with Crippen molar-refractivity contribution >= 4 is 23.0 Å². The van der Waals surface area contributed by atoms with Crippen LogP contribution in [-0.2, 0) is 0 Å². The van der Waals surface area contributed by atoms with Gasteiger partial charge in [0, 0.05) is 43.8 Å². The lowest BCUT2D eigenvalue weighted by Gasteiger charge is -2.26. The van der Waals surface area contributed by atoms with Crippen LogP contribution in [0.25, 0.3) is 0 Å². The van der Waals surface area contributed by atoms with Gasteiger partial charge in [-0.3, -0.25) is 9.78 Å². The number of carbonyl (C=O) groups excluding carboxylic acids is 1. The summed E-state index contributed by atoms with van der Waals surface area (Å²) in [6, 6.07) is 10.4. The second-order valence-electron chi connectivity index (χ2n) is 7.18. The van der Waals surface area contributed by atoms with Crippen LogP contribution >= 0.6 is 0 Å². The van der Waals surface area contributed by atoms with E-state index in [1.54, 1.807) is 12.4 Å². The van der Waals surface area contributed by atoms with E-state index in [2.05, 4.69) is 39.5 Å². The van der Waals surface area contributed by atoms with Crippen molar-refractivity contribution in [1.82, 2.24) is 9.88 Å². The maximum atomic E-state index is 12.6. The molecule has 0 saturated carbocycles.